The number of hydrogen-bond donors (Lipinski definition) is 1. The summed E-state index contributed by atoms with van der Waals surface area (Å²) in [6.07, 6.45) is 6.68. The number of benzene rings is 2. The first-order chi connectivity index (χ1) is 15.9. The lowest BCUT2D eigenvalue weighted by atomic mass is 9.97. The van der Waals surface area contributed by atoms with Crippen LogP contribution in [0.4, 0.5) is 10.1 Å². The van der Waals surface area contributed by atoms with Crippen LogP contribution in [0.1, 0.15) is 36.7 Å². The van der Waals surface area contributed by atoms with Crippen LogP contribution in [-0.4, -0.2) is 23.0 Å². The number of aromatic nitrogens is 2. The van der Waals surface area contributed by atoms with Crippen molar-refractivity contribution in [2.45, 2.75) is 26.7 Å². The molecular formula is C26H25FIN3O2. The molecule has 33 heavy (non-hydrogen) atoms. The molecule has 1 amide bonds. The predicted octanol–water partition coefficient (Wildman–Crippen LogP) is 6.56. The molecule has 0 atom stereocenters. The molecule has 0 unspecified atom stereocenters. The van der Waals surface area contributed by atoms with Crippen molar-refractivity contribution >= 4 is 39.8 Å². The Labute approximate surface area is 207 Å². The molecule has 0 saturated carbocycles. The van der Waals surface area contributed by atoms with Crippen LogP contribution in [0.15, 0.2) is 61.3 Å². The van der Waals surface area contributed by atoms with E-state index in [1.54, 1.807) is 12.3 Å². The number of halogens is 2. The molecule has 0 bridgehead atoms. The highest BCUT2D eigenvalue weighted by Crippen LogP contribution is 2.36. The van der Waals surface area contributed by atoms with Gasteiger partial charge < -0.3 is 10.1 Å². The van der Waals surface area contributed by atoms with Gasteiger partial charge in [-0.25, -0.2) is 9.37 Å². The molecule has 0 aliphatic rings. The molecule has 0 aliphatic heterocycles. The minimum absolute atomic E-state index is 0.179. The third-order valence-corrected chi connectivity index (χ3v) is 5.58. The number of ether oxygens (including phenoxy) is 1. The quantitative estimate of drug-likeness (QED) is 0.252. The highest BCUT2D eigenvalue weighted by molar-refractivity contribution is 14.1. The van der Waals surface area contributed by atoms with Crippen LogP contribution in [0.25, 0.3) is 16.8 Å². The Morgan fingerprint density at radius 1 is 1.30 bits per heavy atom. The van der Waals surface area contributed by atoms with Gasteiger partial charge in [-0.15, -0.1) is 0 Å². The predicted molar refractivity (Wildman–Crippen MR) is 139 cm³/mol. The Kier molecular flexibility index (Phi) is 8.32. The van der Waals surface area contributed by atoms with E-state index in [1.165, 1.54) is 19.3 Å². The van der Waals surface area contributed by atoms with Gasteiger partial charge in [0.25, 0.3) is 0 Å². The Balaban J connectivity index is 2.16. The first kappa shape index (κ1) is 24.6. The second-order valence-corrected chi connectivity index (χ2v) is 8.58. The van der Waals surface area contributed by atoms with Gasteiger partial charge in [0.1, 0.15) is 0 Å². The summed E-state index contributed by atoms with van der Waals surface area (Å²) in [4.78, 5) is 21.2. The highest BCUT2D eigenvalue weighted by Gasteiger charge is 2.20. The molecule has 2 aromatic carbocycles. The number of carbonyl (C=O) groups excluding carboxylic acids is 1. The Morgan fingerprint density at radius 2 is 2.09 bits per heavy atom. The van der Waals surface area contributed by atoms with Crippen LogP contribution in [0.3, 0.4) is 0 Å². The number of anilines is 1. The van der Waals surface area contributed by atoms with Gasteiger partial charge in [-0.1, -0.05) is 38.1 Å². The largest absolute Gasteiger partial charge is 0.493 e. The molecule has 0 spiro atoms. The van der Waals surface area contributed by atoms with E-state index < -0.39 is 5.82 Å². The Hall–Kier alpha value is -3.07. The fourth-order valence-electron chi connectivity index (χ4n) is 3.38. The van der Waals surface area contributed by atoms with Crippen molar-refractivity contribution < 1.29 is 13.9 Å². The van der Waals surface area contributed by atoms with E-state index in [2.05, 4.69) is 52.5 Å². The molecule has 170 valence electrons. The number of nitrogens with zero attached hydrogens (tertiary/aromatic N) is 2. The second kappa shape index (κ2) is 11.2. The average Bonchev–Trinajstić information content (AvgIpc) is 2.80. The number of rotatable bonds is 8. The number of hydrogen-bond acceptors (Lipinski definition) is 4. The topological polar surface area (TPSA) is 64.1 Å². The summed E-state index contributed by atoms with van der Waals surface area (Å²) in [7, 11) is 1.46. The van der Waals surface area contributed by atoms with Crippen LogP contribution in [0.5, 0.6) is 5.75 Å². The molecule has 5 nitrogen and oxygen atoms in total. The van der Waals surface area contributed by atoms with Crippen LogP contribution in [0.2, 0.25) is 0 Å². The highest BCUT2D eigenvalue weighted by atomic mass is 127. The smallest absolute Gasteiger partial charge is 0.247 e. The van der Waals surface area contributed by atoms with Crippen LogP contribution < -0.4 is 10.1 Å². The van der Waals surface area contributed by atoms with Gasteiger partial charge in [0.15, 0.2) is 11.6 Å². The van der Waals surface area contributed by atoms with Crippen molar-refractivity contribution in [2.75, 3.05) is 12.4 Å². The van der Waals surface area contributed by atoms with Gasteiger partial charge in [0, 0.05) is 26.0 Å². The molecule has 0 aliphatic carbocycles. The summed E-state index contributed by atoms with van der Waals surface area (Å²) in [5.41, 5.74) is 4.84. The lowest BCUT2D eigenvalue weighted by Crippen LogP contribution is -2.07. The van der Waals surface area contributed by atoms with Crippen molar-refractivity contribution in [1.82, 2.24) is 9.97 Å². The molecule has 1 heterocycles. The summed E-state index contributed by atoms with van der Waals surface area (Å²) >= 11 is 2.09. The normalized spacial score (nSPS) is 11.2. The van der Waals surface area contributed by atoms with E-state index in [0.29, 0.717) is 22.6 Å². The number of amides is 1. The maximum Gasteiger partial charge on any atom is 0.247 e. The van der Waals surface area contributed by atoms with E-state index in [9.17, 15) is 9.18 Å². The van der Waals surface area contributed by atoms with Crippen LogP contribution >= 0.6 is 22.6 Å². The minimum Gasteiger partial charge on any atom is -0.493 e. The number of unbranched alkanes of at least 4 members (excludes halogenated alkanes) is 1. The van der Waals surface area contributed by atoms with Gasteiger partial charge in [-0.3, -0.25) is 9.78 Å². The monoisotopic (exact) mass is 557 g/mol. The zero-order chi connectivity index (χ0) is 24.0. The van der Waals surface area contributed by atoms with Crippen molar-refractivity contribution in [3.63, 3.8) is 0 Å². The van der Waals surface area contributed by atoms with Crippen molar-refractivity contribution in [3.8, 4) is 17.0 Å². The summed E-state index contributed by atoms with van der Waals surface area (Å²) in [6, 6.07) is 10.7. The molecular weight excluding hydrogens is 532 g/mol. The number of allylic oxidation sites excluding steroid dienone is 1. The SMILES string of the molecule is C=CC(=O)Nc1cccc(-c2cnc(C)c(/C(=C\CCC)c3cc(I)cc(F)c3OC)n2)c1. The number of aryl methyl sites for hydroxylation is 1. The van der Waals surface area contributed by atoms with Gasteiger partial charge in [0.2, 0.25) is 5.91 Å². The Morgan fingerprint density at radius 3 is 2.79 bits per heavy atom. The third kappa shape index (κ3) is 5.84. The molecule has 3 aromatic rings. The standard InChI is InChI=1S/C26H25FIN3O2/c1-5-7-11-20(21-13-18(28)14-22(27)26(21)33-4)25-16(3)29-15-23(31-25)17-9-8-10-19(12-17)30-24(32)6-2/h6,8-15H,2,5,7H2,1,3-4H3,(H,30,32)/b20-11-. The summed E-state index contributed by atoms with van der Waals surface area (Å²) in [5, 5.41) is 2.76. The van der Waals surface area contributed by atoms with Crippen molar-refractivity contribution in [1.29, 1.82) is 0 Å². The van der Waals surface area contributed by atoms with E-state index in [-0.39, 0.29) is 11.7 Å². The molecule has 0 fully saturated rings. The number of carbonyl (C=O) groups is 1. The molecule has 7 heteroatoms. The summed E-state index contributed by atoms with van der Waals surface area (Å²) < 4.78 is 20.9. The molecule has 1 N–H and O–H groups in total. The van der Waals surface area contributed by atoms with E-state index in [0.717, 1.165) is 33.2 Å². The fraction of sp³-hybridized carbons (Fsp3) is 0.192. The zero-order valence-electron chi connectivity index (χ0n) is 18.8. The zero-order valence-corrected chi connectivity index (χ0v) is 20.9. The molecule has 1 aromatic heterocycles. The van der Waals surface area contributed by atoms with Crippen molar-refractivity contribution in [2.24, 2.45) is 0 Å². The first-order valence-electron chi connectivity index (χ1n) is 10.5. The first-order valence-corrected chi connectivity index (χ1v) is 11.6. The lowest BCUT2D eigenvalue weighted by Gasteiger charge is -2.16. The third-order valence-electron chi connectivity index (χ3n) is 4.96. The fourth-order valence-corrected chi connectivity index (χ4v) is 3.97. The van der Waals surface area contributed by atoms with Gasteiger partial charge in [-0.05, 0) is 66.3 Å². The maximum absolute atomic E-state index is 14.7. The lowest BCUT2D eigenvalue weighted by molar-refractivity contribution is -0.111. The number of nitrogens with one attached hydrogen (secondary N) is 1. The minimum atomic E-state index is -0.422. The van der Waals surface area contributed by atoms with Crippen LogP contribution in [0, 0.1) is 16.3 Å². The Bertz CT molecular complexity index is 1220. The van der Waals surface area contributed by atoms with E-state index in [1.807, 2.05) is 31.2 Å². The molecule has 0 saturated heterocycles. The van der Waals surface area contributed by atoms with E-state index in [4.69, 9.17) is 9.72 Å². The second-order valence-electron chi connectivity index (χ2n) is 7.34. The van der Waals surface area contributed by atoms with Crippen LogP contribution in [-0.2, 0) is 4.79 Å². The van der Waals surface area contributed by atoms with Gasteiger partial charge >= 0.3 is 0 Å². The average molecular weight is 557 g/mol. The van der Waals surface area contributed by atoms with E-state index >= 15 is 0 Å². The molecule has 3 rings (SSSR count). The van der Waals surface area contributed by atoms with Crippen molar-refractivity contribution in [3.05, 3.63) is 87.7 Å². The number of methoxy groups -OCH3 is 1. The summed E-state index contributed by atoms with van der Waals surface area (Å²) in [6.45, 7) is 7.44. The van der Waals surface area contributed by atoms with Gasteiger partial charge in [0.05, 0.1) is 30.4 Å². The van der Waals surface area contributed by atoms with Gasteiger partial charge in [-0.2, -0.15) is 0 Å². The summed E-state index contributed by atoms with van der Waals surface area (Å²) in [5.74, 6) is -0.534. The molecule has 0 radical (unpaired) electrons. The maximum atomic E-state index is 14.7.